The van der Waals surface area contributed by atoms with Crippen molar-refractivity contribution in [1.82, 2.24) is 0 Å². The van der Waals surface area contributed by atoms with Crippen LogP contribution in [0.4, 0.5) is 5.69 Å². The van der Waals surface area contributed by atoms with E-state index in [1.807, 2.05) is 70.2 Å². The van der Waals surface area contributed by atoms with Gasteiger partial charge >= 0.3 is 0 Å². The Balaban J connectivity index is 1.88. The summed E-state index contributed by atoms with van der Waals surface area (Å²) in [5.41, 5.74) is 2.68. The Labute approximate surface area is 218 Å². The predicted octanol–water partition coefficient (Wildman–Crippen LogP) is 6.62. The second kappa shape index (κ2) is 11.3. The first-order chi connectivity index (χ1) is 17.9. The van der Waals surface area contributed by atoms with E-state index in [-0.39, 0.29) is 17.3 Å². The number of amides is 1. The van der Waals surface area contributed by atoms with E-state index in [0.717, 1.165) is 23.3 Å². The van der Waals surface area contributed by atoms with Gasteiger partial charge in [-0.05, 0) is 60.7 Å². The van der Waals surface area contributed by atoms with E-state index in [4.69, 9.17) is 9.47 Å². The smallest absolute Gasteiger partial charge is 0.300 e. The molecular formula is C31H33NO5. The van der Waals surface area contributed by atoms with Gasteiger partial charge in [0.2, 0.25) is 0 Å². The Morgan fingerprint density at radius 2 is 1.70 bits per heavy atom. The molecule has 192 valence electrons. The molecule has 0 saturated carbocycles. The van der Waals surface area contributed by atoms with E-state index in [1.54, 1.807) is 30.3 Å². The molecule has 1 aliphatic heterocycles. The predicted molar refractivity (Wildman–Crippen MR) is 145 cm³/mol. The van der Waals surface area contributed by atoms with Gasteiger partial charge in [0.25, 0.3) is 11.7 Å². The van der Waals surface area contributed by atoms with Gasteiger partial charge < -0.3 is 14.6 Å². The number of carbonyl (C=O) groups is 2. The van der Waals surface area contributed by atoms with Crippen LogP contribution in [0.3, 0.4) is 0 Å². The van der Waals surface area contributed by atoms with Gasteiger partial charge in [0.05, 0.1) is 24.8 Å². The number of aliphatic hydroxyl groups is 1. The lowest BCUT2D eigenvalue weighted by Crippen LogP contribution is -2.29. The van der Waals surface area contributed by atoms with Gasteiger partial charge in [-0.25, -0.2) is 0 Å². The number of nitrogens with zero attached hydrogens (tertiary/aromatic N) is 1. The van der Waals surface area contributed by atoms with E-state index in [0.29, 0.717) is 30.2 Å². The van der Waals surface area contributed by atoms with Crippen molar-refractivity contribution in [3.05, 3.63) is 95.1 Å². The molecule has 1 atom stereocenters. The van der Waals surface area contributed by atoms with Crippen LogP contribution in [0.5, 0.6) is 11.5 Å². The van der Waals surface area contributed by atoms with Gasteiger partial charge in [-0.15, -0.1) is 0 Å². The van der Waals surface area contributed by atoms with Crippen LogP contribution in [0.2, 0.25) is 0 Å². The second-order valence-corrected chi connectivity index (χ2v) is 9.27. The zero-order valence-electron chi connectivity index (χ0n) is 21.7. The number of Topliss-reactive ketones (excluding diaryl/α,β-unsaturated/α-hetero) is 1. The van der Waals surface area contributed by atoms with Crippen LogP contribution in [0.25, 0.3) is 5.76 Å². The molecule has 1 aliphatic rings. The van der Waals surface area contributed by atoms with Gasteiger partial charge in [0, 0.05) is 17.3 Å². The van der Waals surface area contributed by atoms with Gasteiger partial charge in [0.1, 0.15) is 17.3 Å². The van der Waals surface area contributed by atoms with E-state index < -0.39 is 17.7 Å². The number of ketones is 1. The molecule has 1 unspecified atom stereocenters. The molecule has 0 bridgehead atoms. The first kappa shape index (κ1) is 26.0. The summed E-state index contributed by atoms with van der Waals surface area (Å²) in [5.74, 6) is -0.158. The SMILES string of the molecule is CCCOc1cccc(N2C(=O)C(=O)/C(=C(\O)c3ccc(OCC)c(C(C)C)c3)C2c2ccccc2)c1. The third kappa shape index (κ3) is 5.24. The van der Waals surface area contributed by atoms with Crippen molar-refractivity contribution in [1.29, 1.82) is 0 Å². The van der Waals surface area contributed by atoms with Crippen LogP contribution < -0.4 is 14.4 Å². The van der Waals surface area contributed by atoms with Gasteiger partial charge in [-0.1, -0.05) is 57.2 Å². The van der Waals surface area contributed by atoms with Crippen molar-refractivity contribution < 1.29 is 24.2 Å². The highest BCUT2D eigenvalue weighted by molar-refractivity contribution is 6.51. The average Bonchev–Trinajstić information content (AvgIpc) is 3.18. The summed E-state index contributed by atoms with van der Waals surface area (Å²) in [5, 5.41) is 11.5. The third-order valence-corrected chi connectivity index (χ3v) is 6.33. The van der Waals surface area contributed by atoms with Crippen LogP contribution in [-0.2, 0) is 9.59 Å². The van der Waals surface area contributed by atoms with Crippen molar-refractivity contribution >= 4 is 23.1 Å². The van der Waals surface area contributed by atoms with Crippen LogP contribution in [-0.4, -0.2) is 30.0 Å². The largest absolute Gasteiger partial charge is 0.507 e. The number of anilines is 1. The zero-order valence-corrected chi connectivity index (χ0v) is 21.7. The molecule has 1 heterocycles. The van der Waals surface area contributed by atoms with E-state index >= 15 is 0 Å². The molecule has 3 aromatic carbocycles. The maximum absolute atomic E-state index is 13.5. The summed E-state index contributed by atoms with van der Waals surface area (Å²) in [6, 6.07) is 21.0. The van der Waals surface area contributed by atoms with Crippen LogP contribution >= 0.6 is 0 Å². The van der Waals surface area contributed by atoms with Crippen molar-refractivity contribution in [2.45, 2.75) is 46.1 Å². The quantitative estimate of drug-likeness (QED) is 0.203. The number of rotatable bonds is 9. The molecule has 37 heavy (non-hydrogen) atoms. The molecule has 0 radical (unpaired) electrons. The Morgan fingerprint density at radius 1 is 0.946 bits per heavy atom. The molecule has 0 aliphatic carbocycles. The molecular weight excluding hydrogens is 466 g/mol. The topological polar surface area (TPSA) is 76.1 Å². The molecule has 1 saturated heterocycles. The summed E-state index contributed by atoms with van der Waals surface area (Å²) in [6.07, 6.45) is 0.846. The van der Waals surface area contributed by atoms with E-state index in [2.05, 4.69) is 0 Å². The first-order valence-electron chi connectivity index (χ1n) is 12.7. The van der Waals surface area contributed by atoms with Gasteiger partial charge in [-0.2, -0.15) is 0 Å². The van der Waals surface area contributed by atoms with Crippen LogP contribution in [0.15, 0.2) is 78.4 Å². The third-order valence-electron chi connectivity index (χ3n) is 6.33. The van der Waals surface area contributed by atoms with E-state index in [1.165, 1.54) is 4.90 Å². The number of carbonyl (C=O) groups excluding carboxylic acids is 2. The fourth-order valence-electron chi connectivity index (χ4n) is 4.58. The minimum atomic E-state index is -0.795. The highest BCUT2D eigenvalue weighted by Gasteiger charge is 2.47. The Morgan fingerprint density at radius 3 is 2.38 bits per heavy atom. The molecule has 3 aromatic rings. The van der Waals surface area contributed by atoms with Crippen LogP contribution in [0.1, 0.15) is 62.8 Å². The zero-order chi connectivity index (χ0) is 26.5. The fourth-order valence-corrected chi connectivity index (χ4v) is 4.58. The maximum Gasteiger partial charge on any atom is 0.300 e. The Bertz CT molecular complexity index is 1310. The van der Waals surface area contributed by atoms with Crippen molar-refractivity contribution in [3.63, 3.8) is 0 Å². The number of hydrogen-bond acceptors (Lipinski definition) is 5. The number of aliphatic hydroxyl groups excluding tert-OH is 1. The molecule has 1 fully saturated rings. The first-order valence-corrected chi connectivity index (χ1v) is 12.7. The molecule has 6 heteroatoms. The average molecular weight is 500 g/mol. The summed E-state index contributed by atoms with van der Waals surface area (Å²) in [7, 11) is 0. The van der Waals surface area contributed by atoms with Crippen molar-refractivity contribution in [3.8, 4) is 11.5 Å². The summed E-state index contributed by atoms with van der Waals surface area (Å²) < 4.78 is 11.5. The van der Waals surface area contributed by atoms with E-state index in [9.17, 15) is 14.7 Å². The normalized spacial score (nSPS) is 16.9. The Kier molecular flexibility index (Phi) is 7.97. The van der Waals surface area contributed by atoms with Gasteiger partial charge in [-0.3, -0.25) is 14.5 Å². The lowest BCUT2D eigenvalue weighted by Gasteiger charge is -2.26. The monoisotopic (exact) mass is 499 g/mol. The number of ether oxygens (including phenoxy) is 2. The van der Waals surface area contributed by atoms with Crippen molar-refractivity contribution in [2.24, 2.45) is 0 Å². The standard InChI is InChI=1S/C31H33NO5/c1-5-17-37-24-14-10-13-23(19-24)32-28(21-11-8-7-9-12-21)27(30(34)31(32)35)29(33)22-15-16-26(36-6-2)25(18-22)20(3)4/h7-16,18-20,28,33H,5-6,17H2,1-4H3/b29-27-. The summed E-state index contributed by atoms with van der Waals surface area (Å²) in [6.45, 7) is 9.08. The molecule has 0 aromatic heterocycles. The second-order valence-electron chi connectivity index (χ2n) is 9.27. The van der Waals surface area contributed by atoms with Gasteiger partial charge in [0.15, 0.2) is 0 Å². The highest BCUT2D eigenvalue weighted by atomic mass is 16.5. The molecule has 1 amide bonds. The maximum atomic E-state index is 13.5. The fraction of sp³-hybridized carbons (Fsp3) is 0.290. The summed E-state index contributed by atoms with van der Waals surface area (Å²) >= 11 is 0. The summed E-state index contributed by atoms with van der Waals surface area (Å²) in [4.78, 5) is 28.4. The lowest BCUT2D eigenvalue weighted by molar-refractivity contribution is -0.132. The molecule has 1 N–H and O–H groups in total. The minimum absolute atomic E-state index is 0.0509. The molecule has 4 rings (SSSR count). The van der Waals surface area contributed by atoms with Crippen LogP contribution in [0, 0.1) is 0 Å². The Hall–Kier alpha value is -4.06. The molecule has 0 spiro atoms. The minimum Gasteiger partial charge on any atom is -0.507 e. The number of benzene rings is 3. The highest BCUT2D eigenvalue weighted by Crippen LogP contribution is 2.43. The number of hydrogen-bond donors (Lipinski definition) is 1. The lowest BCUT2D eigenvalue weighted by atomic mass is 9.93. The molecule has 6 nitrogen and oxygen atoms in total. The van der Waals surface area contributed by atoms with Crippen molar-refractivity contribution in [2.75, 3.05) is 18.1 Å².